The summed E-state index contributed by atoms with van der Waals surface area (Å²) >= 11 is 0. The number of benzene rings is 1. The molecular formula is C26H32F3N10O5+. The number of hydrogen-bond acceptors (Lipinski definition) is 11. The van der Waals surface area contributed by atoms with E-state index in [9.17, 15) is 33.0 Å². The fourth-order valence-electron chi connectivity index (χ4n) is 6.39. The smallest absolute Gasteiger partial charge is 0.432 e. The molecule has 236 valence electrons. The zero-order chi connectivity index (χ0) is 31.8. The number of hydrogen-bond donors (Lipinski definition) is 9. The Labute approximate surface area is 247 Å². The molecule has 2 unspecified atom stereocenters. The molecule has 1 aromatic heterocycles. The molecule has 0 radical (unpaired) electrons. The van der Waals surface area contributed by atoms with E-state index in [2.05, 4.69) is 31.0 Å². The Bertz CT molecular complexity index is 1590. The molecule has 1 fully saturated rings. The molecular weight excluding hydrogens is 589 g/mol. The van der Waals surface area contributed by atoms with Crippen LogP contribution < -0.4 is 37.1 Å². The number of halogens is 3. The van der Waals surface area contributed by atoms with Crippen LogP contribution in [0.25, 0.3) is 0 Å². The second-order valence-corrected chi connectivity index (χ2v) is 11.9. The second kappa shape index (κ2) is 9.71. The fraction of sp³-hybridized carbons (Fsp3) is 0.500. The van der Waals surface area contributed by atoms with Crippen molar-refractivity contribution < 1.29 is 42.7 Å². The Kier molecular flexibility index (Phi) is 6.51. The first kappa shape index (κ1) is 29.5. The zero-order valence-electron chi connectivity index (χ0n) is 23.6. The summed E-state index contributed by atoms with van der Waals surface area (Å²) in [4.78, 5) is 34.8. The van der Waals surface area contributed by atoms with Crippen LogP contribution in [0.5, 0.6) is 5.75 Å². The summed E-state index contributed by atoms with van der Waals surface area (Å²) in [7, 11) is 0. The number of aromatic nitrogens is 2. The minimum atomic E-state index is -4.72. The highest BCUT2D eigenvalue weighted by molar-refractivity contribution is 5.98. The largest absolute Gasteiger partial charge is 0.492 e. The SMILES string of the molecule is CC1(C)CCOc2c(C(=O)NC3CN4C(N)=N[C@@H](CNC(=O)c5cc(C(F)(F)F)[nH]n5)[C@@H]5[NH+]=C(N)NC54C3(O)O)cccc21. The van der Waals surface area contributed by atoms with Crippen LogP contribution in [0, 0.1) is 0 Å². The number of guanidine groups is 2. The van der Waals surface area contributed by atoms with Crippen LogP contribution in [0.15, 0.2) is 29.3 Å². The second-order valence-electron chi connectivity index (χ2n) is 11.9. The van der Waals surface area contributed by atoms with Gasteiger partial charge in [0.2, 0.25) is 5.79 Å². The molecule has 0 bridgehead atoms. The molecule has 15 nitrogen and oxygen atoms in total. The van der Waals surface area contributed by atoms with E-state index >= 15 is 0 Å². The van der Waals surface area contributed by atoms with Gasteiger partial charge < -0.3 is 31.3 Å². The first-order valence-electron chi connectivity index (χ1n) is 13.8. The third-order valence-corrected chi connectivity index (χ3v) is 8.74. The van der Waals surface area contributed by atoms with Crippen LogP contribution in [0.4, 0.5) is 13.2 Å². The highest BCUT2D eigenvalue weighted by Gasteiger charge is 2.76. The highest BCUT2D eigenvalue weighted by atomic mass is 19.4. The van der Waals surface area contributed by atoms with E-state index in [-0.39, 0.29) is 36.0 Å². The molecule has 5 heterocycles. The van der Waals surface area contributed by atoms with Crippen molar-refractivity contribution in [2.24, 2.45) is 16.5 Å². The number of ether oxygens (including phenoxy) is 1. The van der Waals surface area contributed by atoms with Gasteiger partial charge in [0.05, 0.1) is 18.7 Å². The summed E-state index contributed by atoms with van der Waals surface area (Å²) in [5.74, 6) is -4.06. The number of aliphatic hydroxyl groups is 2. The van der Waals surface area contributed by atoms with Gasteiger partial charge in [-0.1, -0.05) is 26.0 Å². The standard InChI is InChI=1S/C26H31F3N10O5/c1-23(2)6-7-44-17-11(4-3-5-12(17)23)19(40)34-16-10-39-22(31)33-14(18-24(39,25(16,42)43)36-21(30)35-18)9-32-20(41)13-8-15(38-37-13)26(27,28)29/h3-5,8,14,16,18,42-43H,6-7,9-10H2,1-2H3,(H2,31,33)(H,32,41)(H,34,40)(H,37,38)(H3,30,35,36)/p+1/t14-,16?,18-,24?/m0/s1. The lowest BCUT2D eigenvalue weighted by molar-refractivity contribution is -0.521. The van der Waals surface area contributed by atoms with Crippen molar-refractivity contribution in [1.29, 1.82) is 0 Å². The number of nitrogens with one attached hydrogen (secondary N) is 5. The topological polar surface area (TPSA) is 230 Å². The summed E-state index contributed by atoms with van der Waals surface area (Å²) < 4.78 is 44.6. The maximum Gasteiger partial charge on any atom is 0.432 e. The van der Waals surface area contributed by atoms with Gasteiger partial charge in [-0.3, -0.25) is 30.3 Å². The normalized spacial score (nSPS) is 28.0. The van der Waals surface area contributed by atoms with Crippen molar-refractivity contribution in [3.63, 3.8) is 0 Å². The molecule has 4 aliphatic rings. The molecule has 44 heavy (non-hydrogen) atoms. The van der Waals surface area contributed by atoms with Gasteiger partial charge in [-0.25, -0.2) is 10.3 Å². The quantitative estimate of drug-likeness (QED) is 0.152. The number of rotatable bonds is 5. The number of amides is 2. The van der Waals surface area contributed by atoms with Gasteiger partial charge in [0.15, 0.2) is 17.7 Å². The fourth-order valence-corrected chi connectivity index (χ4v) is 6.39. The van der Waals surface area contributed by atoms with Crippen LogP contribution in [-0.2, 0) is 11.6 Å². The number of nitrogens with two attached hydrogens (primary N) is 2. The lowest BCUT2D eigenvalue weighted by atomic mass is 9.79. The van der Waals surface area contributed by atoms with E-state index in [1.54, 1.807) is 17.2 Å². The molecule has 6 rings (SSSR count). The zero-order valence-corrected chi connectivity index (χ0v) is 23.6. The molecule has 11 N–H and O–H groups in total. The highest BCUT2D eigenvalue weighted by Crippen LogP contribution is 2.43. The summed E-state index contributed by atoms with van der Waals surface area (Å²) in [6.07, 6.45) is -3.96. The maximum atomic E-state index is 13.6. The Hall–Kier alpha value is -4.58. The first-order valence-corrected chi connectivity index (χ1v) is 13.8. The number of para-hydroxylation sites is 1. The molecule has 0 aliphatic carbocycles. The number of aromatic amines is 1. The van der Waals surface area contributed by atoms with E-state index in [4.69, 9.17) is 16.2 Å². The van der Waals surface area contributed by atoms with Crippen molar-refractivity contribution in [2.75, 3.05) is 19.7 Å². The van der Waals surface area contributed by atoms with Crippen LogP contribution in [0.1, 0.15) is 52.4 Å². The Morgan fingerprint density at radius 3 is 2.70 bits per heavy atom. The van der Waals surface area contributed by atoms with Crippen molar-refractivity contribution in [3.8, 4) is 5.75 Å². The lowest BCUT2D eigenvalue weighted by Crippen LogP contribution is -2.90. The molecule has 4 aliphatic heterocycles. The maximum absolute atomic E-state index is 13.6. The van der Waals surface area contributed by atoms with E-state index in [1.165, 1.54) is 4.90 Å². The number of H-pyrrole nitrogens is 1. The molecule has 1 aromatic carbocycles. The van der Waals surface area contributed by atoms with Crippen LogP contribution >= 0.6 is 0 Å². The van der Waals surface area contributed by atoms with Gasteiger partial charge in [-0.05, 0) is 17.9 Å². The molecule has 1 spiro atoms. The average molecular weight is 622 g/mol. The summed E-state index contributed by atoms with van der Waals surface area (Å²) in [6.45, 7) is 4.01. The monoisotopic (exact) mass is 621 g/mol. The van der Waals surface area contributed by atoms with Crippen LogP contribution in [0.2, 0.25) is 0 Å². The van der Waals surface area contributed by atoms with E-state index < -0.39 is 59.0 Å². The third kappa shape index (κ3) is 4.38. The minimum Gasteiger partial charge on any atom is -0.492 e. The Balaban J connectivity index is 1.24. The van der Waals surface area contributed by atoms with Gasteiger partial charge in [-0.2, -0.15) is 18.3 Å². The summed E-state index contributed by atoms with van der Waals surface area (Å²) in [5, 5.41) is 36.6. The molecule has 0 saturated carbocycles. The average Bonchev–Trinajstić information content (AvgIpc) is 3.63. The third-order valence-electron chi connectivity index (χ3n) is 8.74. The molecule has 4 atom stereocenters. The Morgan fingerprint density at radius 2 is 2.00 bits per heavy atom. The lowest BCUT2D eigenvalue weighted by Gasteiger charge is -2.46. The predicted octanol–water partition coefficient (Wildman–Crippen LogP) is -3.23. The number of nitrogens with zero attached hydrogens (tertiary/aromatic N) is 3. The molecule has 18 heteroatoms. The van der Waals surface area contributed by atoms with E-state index in [1.807, 2.05) is 19.9 Å². The van der Waals surface area contributed by atoms with Gasteiger partial charge in [-0.15, -0.1) is 0 Å². The number of carbonyl (C=O) groups excluding carboxylic acids is 2. The Morgan fingerprint density at radius 1 is 1.25 bits per heavy atom. The first-order chi connectivity index (χ1) is 20.6. The number of carbonyl (C=O) groups is 2. The molecule has 2 aromatic rings. The van der Waals surface area contributed by atoms with Gasteiger partial charge in [0.1, 0.15) is 23.5 Å². The number of fused-ring (bicyclic) bond motifs is 1. The molecule has 1 saturated heterocycles. The van der Waals surface area contributed by atoms with E-state index in [0.29, 0.717) is 18.4 Å². The van der Waals surface area contributed by atoms with Crippen molar-refractivity contribution in [2.45, 2.75) is 61.4 Å². The number of aliphatic imine (C=N–C) groups is 1. The molecule has 2 amide bonds. The summed E-state index contributed by atoms with van der Waals surface area (Å²) in [6, 6.07) is 2.41. The van der Waals surface area contributed by atoms with Gasteiger partial charge >= 0.3 is 12.1 Å². The minimum absolute atomic E-state index is 0.0597. The number of alkyl halides is 3. The predicted molar refractivity (Wildman–Crippen MR) is 146 cm³/mol. The van der Waals surface area contributed by atoms with Gasteiger partial charge in [0.25, 0.3) is 17.5 Å². The van der Waals surface area contributed by atoms with E-state index in [0.717, 1.165) is 12.0 Å². The van der Waals surface area contributed by atoms with Gasteiger partial charge in [0, 0.05) is 18.2 Å². The van der Waals surface area contributed by atoms with Crippen LogP contribution in [0.3, 0.4) is 0 Å². The van der Waals surface area contributed by atoms with Crippen LogP contribution in [-0.4, -0.2) is 98.3 Å². The van der Waals surface area contributed by atoms with Crippen molar-refractivity contribution >= 4 is 23.7 Å². The van der Waals surface area contributed by atoms with Crippen molar-refractivity contribution in [1.82, 2.24) is 31.0 Å². The van der Waals surface area contributed by atoms with Crippen molar-refractivity contribution in [3.05, 3.63) is 46.8 Å². The summed E-state index contributed by atoms with van der Waals surface area (Å²) in [5.41, 5.74) is 9.59.